The number of likely N-dealkylation sites (N-methyl/N-ethyl adjacent to an activating group) is 1. The number of hydrogen-bond donors (Lipinski definition) is 2. The van der Waals surface area contributed by atoms with E-state index in [1.807, 2.05) is 19.9 Å². The van der Waals surface area contributed by atoms with Gasteiger partial charge in [0.1, 0.15) is 5.82 Å². The second-order valence-corrected chi connectivity index (χ2v) is 10.5. The number of hydrogen-bond acceptors (Lipinski definition) is 7. The predicted octanol–water partition coefficient (Wildman–Crippen LogP) is 2.65. The van der Waals surface area contributed by atoms with Gasteiger partial charge in [0.05, 0.1) is 11.4 Å². The quantitative estimate of drug-likeness (QED) is 0.432. The molecule has 1 unspecified atom stereocenters. The molecule has 41 heavy (non-hydrogen) atoms. The van der Waals surface area contributed by atoms with Gasteiger partial charge >= 0.3 is 11.6 Å². The second-order valence-electron chi connectivity index (χ2n) is 10.5. The number of carbonyl (C=O) groups is 2. The van der Waals surface area contributed by atoms with Crippen LogP contribution >= 0.6 is 0 Å². The number of aromatic hydroxyl groups is 1. The molecule has 2 N–H and O–H groups in total. The zero-order valence-corrected chi connectivity index (χ0v) is 23.6. The van der Waals surface area contributed by atoms with E-state index in [2.05, 4.69) is 27.0 Å². The van der Waals surface area contributed by atoms with Gasteiger partial charge in [0.15, 0.2) is 11.3 Å². The minimum atomic E-state index is -0.803. The minimum Gasteiger partial charge on any atom is -0.501 e. The van der Waals surface area contributed by atoms with Gasteiger partial charge in [-0.3, -0.25) is 18.9 Å². The molecule has 1 atom stereocenters. The number of pyridine rings is 1. The molecule has 4 heterocycles. The molecule has 2 aromatic heterocycles. The Labute approximate surface area is 237 Å². The normalized spacial score (nSPS) is 17.0. The smallest absolute Gasteiger partial charge is 0.324 e. The summed E-state index contributed by atoms with van der Waals surface area (Å²) in [5.41, 5.74) is 0.639. The maximum Gasteiger partial charge on any atom is 0.324 e. The summed E-state index contributed by atoms with van der Waals surface area (Å²) in [7, 11) is 0. The predicted molar refractivity (Wildman–Crippen MR) is 154 cm³/mol. The maximum atomic E-state index is 13.5. The van der Waals surface area contributed by atoms with Crippen LogP contribution in [-0.2, 0) is 6.54 Å². The Hall–Kier alpha value is -4.19. The van der Waals surface area contributed by atoms with Crippen LogP contribution in [0.3, 0.4) is 0 Å². The van der Waals surface area contributed by atoms with Gasteiger partial charge in [0.2, 0.25) is 5.75 Å². The van der Waals surface area contributed by atoms with Gasteiger partial charge in [-0.05, 0) is 43.7 Å². The third kappa shape index (κ3) is 5.56. The monoisotopic (exact) mass is 565 g/mol. The highest BCUT2D eigenvalue weighted by molar-refractivity contribution is 6.00. The van der Waals surface area contributed by atoms with Crippen molar-refractivity contribution in [3.8, 4) is 5.75 Å². The van der Waals surface area contributed by atoms with Crippen LogP contribution in [0, 0.1) is 5.82 Å². The molecule has 0 radical (unpaired) electrons. The Kier molecular flexibility index (Phi) is 8.11. The molecule has 0 bridgehead atoms. The summed E-state index contributed by atoms with van der Waals surface area (Å²) >= 11 is 0. The van der Waals surface area contributed by atoms with E-state index < -0.39 is 28.7 Å². The largest absolute Gasteiger partial charge is 0.501 e. The first kappa shape index (κ1) is 28.3. The Morgan fingerprint density at radius 1 is 1.07 bits per heavy atom. The van der Waals surface area contributed by atoms with Crippen LogP contribution in [0.5, 0.6) is 5.75 Å². The number of halogens is 1. The number of amides is 3. The molecule has 3 amide bonds. The summed E-state index contributed by atoms with van der Waals surface area (Å²) in [5, 5.41) is 13.4. The second kappa shape index (κ2) is 11.7. The van der Waals surface area contributed by atoms with Crippen LogP contribution in [0.4, 0.5) is 20.6 Å². The number of nitrogens with zero attached hydrogens (tertiary/aromatic N) is 6. The Bertz CT molecular complexity index is 1500. The van der Waals surface area contributed by atoms with Crippen molar-refractivity contribution in [2.75, 3.05) is 55.6 Å². The molecule has 12 heteroatoms. The third-order valence-corrected chi connectivity index (χ3v) is 8.09. The van der Waals surface area contributed by atoms with Crippen molar-refractivity contribution in [1.82, 2.24) is 24.5 Å². The zero-order chi connectivity index (χ0) is 29.3. The molecule has 0 aliphatic carbocycles. The fraction of sp³-hybridized carbons (Fsp3) is 0.448. The molecule has 2 aliphatic rings. The number of anilines is 2. The first-order chi connectivity index (χ1) is 19.7. The maximum absolute atomic E-state index is 13.5. The number of nitrogens with one attached hydrogen (secondary N) is 1. The molecule has 2 aliphatic heterocycles. The molecule has 0 saturated carbocycles. The molecule has 218 valence electrons. The van der Waals surface area contributed by atoms with Crippen molar-refractivity contribution in [3.05, 3.63) is 64.0 Å². The summed E-state index contributed by atoms with van der Waals surface area (Å²) in [4.78, 5) is 52.4. The Balaban J connectivity index is 1.56. The summed E-state index contributed by atoms with van der Waals surface area (Å²) < 4.78 is 14.5. The standard InChI is InChI=1S/C29H36FN7O4/c1-4-19(3)35-14-15-36(29(35)41)23-16-22(34-12-10-33(5-2)11-13-34)18-37-26(23)32-24(25(38)28(37)40)27(39)31-17-20-6-8-21(30)9-7-20/h6-9,16,18-19,38H,4-5,10-15,17H2,1-3H3,(H,31,39). The molecular formula is C29H36FN7O4. The van der Waals surface area contributed by atoms with Crippen molar-refractivity contribution in [1.29, 1.82) is 0 Å². The van der Waals surface area contributed by atoms with Crippen molar-refractivity contribution < 1.29 is 19.1 Å². The number of benzene rings is 1. The number of aromatic nitrogens is 2. The van der Waals surface area contributed by atoms with Crippen LogP contribution < -0.4 is 20.7 Å². The summed E-state index contributed by atoms with van der Waals surface area (Å²) in [6.45, 7) is 11.3. The fourth-order valence-electron chi connectivity index (χ4n) is 5.33. The first-order valence-electron chi connectivity index (χ1n) is 14.1. The summed E-state index contributed by atoms with van der Waals surface area (Å²) in [6, 6.07) is 7.30. The lowest BCUT2D eigenvalue weighted by Crippen LogP contribution is -2.46. The van der Waals surface area contributed by atoms with E-state index in [4.69, 9.17) is 0 Å². The topological polar surface area (TPSA) is 114 Å². The van der Waals surface area contributed by atoms with Crippen molar-refractivity contribution in [2.24, 2.45) is 0 Å². The molecule has 2 saturated heterocycles. The van der Waals surface area contributed by atoms with E-state index in [0.717, 1.165) is 44.8 Å². The third-order valence-electron chi connectivity index (χ3n) is 8.09. The van der Waals surface area contributed by atoms with Gasteiger partial charge in [-0.2, -0.15) is 0 Å². The SMILES string of the molecule is CCC(C)N1CCN(c2cc(N3CCN(CC)CC3)cn3c(=O)c(O)c(C(=O)NCc4ccc(F)cc4)nc23)C1=O. The van der Waals surface area contributed by atoms with Crippen LogP contribution in [0.15, 0.2) is 41.3 Å². The van der Waals surface area contributed by atoms with Crippen LogP contribution in [0.1, 0.15) is 43.2 Å². The number of carbonyl (C=O) groups excluding carboxylic acids is 2. The van der Waals surface area contributed by atoms with Gasteiger partial charge in [0.25, 0.3) is 5.91 Å². The van der Waals surface area contributed by atoms with Gasteiger partial charge < -0.3 is 25.1 Å². The zero-order valence-electron chi connectivity index (χ0n) is 23.6. The van der Waals surface area contributed by atoms with Crippen molar-refractivity contribution in [2.45, 2.75) is 39.8 Å². The highest BCUT2D eigenvalue weighted by Gasteiger charge is 2.35. The van der Waals surface area contributed by atoms with Crippen LogP contribution in [0.2, 0.25) is 0 Å². The number of urea groups is 1. The van der Waals surface area contributed by atoms with E-state index in [1.54, 1.807) is 16.0 Å². The Morgan fingerprint density at radius 3 is 2.44 bits per heavy atom. The number of rotatable bonds is 8. The molecule has 5 rings (SSSR count). The van der Waals surface area contributed by atoms with E-state index in [-0.39, 0.29) is 24.3 Å². The highest BCUT2D eigenvalue weighted by Crippen LogP contribution is 2.31. The van der Waals surface area contributed by atoms with Gasteiger partial charge in [-0.15, -0.1) is 0 Å². The van der Waals surface area contributed by atoms with Crippen LogP contribution in [0.25, 0.3) is 5.65 Å². The van der Waals surface area contributed by atoms with Crippen LogP contribution in [-0.4, -0.2) is 88.1 Å². The first-order valence-corrected chi connectivity index (χ1v) is 14.1. The van der Waals surface area contributed by atoms with Crippen molar-refractivity contribution in [3.63, 3.8) is 0 Å². The number of fused-ring (bicyclic) bond motifs is 1. The Morgan fingerprint density at radius 2 is 1.78 bits per heavy atom. The van der Waals surface area contributed by atoms with E-state index >= 15 is 0 Å². The van der Waals surface area contributed by atoms with Crippen molar-refractivity contribution >= 4 is 29.0 Å². The molecule has 3 aromatic rings. The summed E-state index contributed by atoms with van der Waals surface area (Å²) in [6.07, 6.45) is 2.41. The van der Waals surface area contributed by atoms with E-state index in [1.165, 1.54) is 28.7 Å². The van der Waals surface area contributed by atoms with E-state index in [9.17, 15) is 23.9 Å². The minimum absolute atomic E-state index is 0.0385. The average Bonchev–Trinajstić information content (AvgIpc) is 3.38. The van der Waals surface area contributed by atoms with Gasteiger partial charge in [-0.1, -0.05) is 26.0 Å². The molecule has 0 spiro atoms. The summed E-state index contributed by atoms with van der Waals surface area (Å²) in [5.74, 6) is -1.94. The lowest BCUT2D eigenvalue weighted by molar-refractivity contribution is 0.0942. The van der Waals surface area contributed by atoms with E-state index in [0.29, 0.717) is 24.3 Å². The van der Waals surface area contributed by atoms with Gasteiger partial charge in [-0.25, -0.2) is 14.2 Å². The number of piperazine rings is 1. The lowest BCUT2D eigenvalue weighted by Gasteiger charge is -2.36. The average molecular weight is 566 g/mol. The van der Waals surface area contributed by atoms with Gasteiger partial charge in [0, 0.05) is 58.1 Å². The molecule has 2 fully saturated rings. The molecule has 1 aromatic carbocycles. The fourth-order valence-corrected chi connectivity index (χ4v) is 5.33. The lowest BCUT2D eigenvalue weighted by atomic mass is 10.2. The molecule has 11 nitrogen and oxygen atoms in total. The highest BCUT2D eigenvalue weighted by atomic mass is 19.1. The molecular weight excluding hydrogens is 529 g/mol.